The van der Waals surface area contributed by atoms with Crippen molar-refractivity contribution in [2.24, 2.45) is 0 Å². The van der Waals surface area contributed by atoms with Crippen LogP contribution in [0, 0.1) is 0 Å². The quantitative estimate of drug-likeness (QED) is 0.758. The largest absolute Gasteiger partial charge is 0.496 e. The summed E-state index contributed by atoms with van der Waals surface area (Å²) in [5.41, 5.74) is 1.78. The van der Waals surface area contributed by atoms with Crippen molar-refractivity contribution >= 4 is 31.9 Å². The zero-order valence-electron chi connectivity index (χ0n) is 11.8. The Labute approximate surface area is 141 Å². The molecule has 0 aliphatic heterocycles. The molecule has 0 aliphatic carbocycles. The lowest BCUT2D eigenvalue weighted by atomic mass is 10.1. The Morgan fingerprint density at radius 3 is 2.43 bits per heavy atom. The molecule has 2 aromatic carbocycles. The number of aliphatic hydroxyl groups is 1. The fourth-order valence-corrected chi connectivity index (χ4v) is 2.90. The Hall–Kier alpha value is -1.04. The first kappa shape index (κ1) is 16.3. The fraction of sp³-hybridized carbons (Fsp3) is 0.250. The molecule has 0 radical (unpaired) electrons. The summed E-state index contributed by atoms with van der Waals surface area (Å²) in [6.45, 7) is 2.14. The Balaban J connectivity index is 2.15. The summed E-state index contributed by atoms with van der Waals surface area (Å²) >= 11 is 6.85. The van der Waals surface area contributed by atoms with Crippen LogP contribution in [0.5, 0.6) is 11.5 Å². The number of methoxy groups -OCH3 is 1. The van der Waals surface area contributed by atoms with Crippen LogP contribution in [0.3, 0.4) is 0 Å². The molecular formula is C16H16Br2O3. The van der Waals surface area contributed by atoms with Crippen molar-refractivity contribution in [1.29, 1.82) is 0 Å². The minimum atomic E-state index is -0.583. The first-order valence-electron chi connectivity index (χ1n) is 6.44. The zero-order valence-corrected chi connectivity index (χ0v) is 14.9. The van der Waals surface area contributed by atoms with Gasteiger partial charge in [-0.15, -0.1) is 0 Å². The lowest BCUT2D eigenvalue weighted by Gasteiger charge is -2.14. The molecule has 0 spiro atoms. The summed E-state index contributed by atoms with van der Waals surface area (Å²) in [6, 6.07) is 11.4. The maximum atomic E-state index is 9.81. The van der Waals surface area contributed by atoms with Gasteiger partial charge in [0.2, 0.25) is 0 Å². The van der Waals surface area contributed by atoms with Gasteiger partial charge in [0.1, 0.15) is 18.1 Å². The van der Waals surface area contributed by atoms with Crippen LogP contribution in [-0.4, -0.2) is 12.2 Å². The molecule has 0 amide bonds. The number of hydrogen-bond donors (Lipinski definition) is 1. The third-order valence-electron chi connectivity index (χ3n) is 3.03. The summed E-state index contributed by atoms with van der Waals surface area (Å²) in [4.78, 5) is 0. The molecule has 21 heavy (non-hydrogen) atoms. The third-order valence-corrected chi connectivity index (χ3v) is 4.15. The lowest BCUT2D eigenvalue weighted by molar-refractivity contribution is 0.190. The van der Waals surface area contributed by atoms with Crippen molar-refractivity contribution in [3.05, 3.63) is 56.5 Å². The summed E-state index contributed by atoms with van der Waals surface area (Å²) < 4.78 is 12.8. The first-order chi connectivity index (χ1) is 10.0. The van der Waals surface area contributed by atoms with E-state index in [-0.39, 0.29) is 0 Å². The minimum Gasteiger partial charge on any atom is -0.496 e. The van der Waals surface area contributed by atoms with Crippen LogP contribution in [-0.2, 0) is 6.61 Å². The number of hydrogen-bond acceptors (Lipinski definition) is 3. The van der Waals surface area contributed by atoms with Crippen LogP contribution in [0.4, 0.5) is 0 Å². The van der Waals surface area contributed by atoms with E-state index < -0.39 is 6.10 Å². The van der Waals surface area contributed by atoms with Crippen molar-refractivity contribution in [1.82, 2.24) is 0 Å². The highest BCUT2D eigenvalue weighted by Gasteiger charge is 2.10. The molecule has 0 aromatic heterocycles. The van der Waals surface area contributed by atoms with E-state index in [1.807, 2.05) is 36.4 Å². The molecule has 0 fully saturated rings. The van der Waals surface area contributed by atoms with E-state index in [4.69, 9.17) is 9.47 Å². The van der Waals surface area contributed by atoms with Crippen molar-refractivity contribution < 1.29 is 14.6 Å². The van der Waals surface area contributed by atoms with Crippen LogP contribution in [0.15, 0.2) is 45.3 Å². The van der Waals surface area contributed by atoms with Crippen LogP contribution in [0.25, 0.3) is 0 Å². The SMILES string of the molecule is COc1ccc(COc2ccc(Br)cc2[C@@H](C)O)cc1Br. The average Bonchev–Trinajstić information content (AvgIpc) is 2.46. The van der Waals surface area contributed by atoms with Gasteiger partial charge < -0.3 is 14.6 Å². The number of ether oxygens (including phenoxy) is 2. The Bertz CT molecular complexity index is 627. The summed E-state index contributed by atoms with van der Waals surface area (Å²) in [5, 5.41) is 9.81. The molecule has 0 unspecified atom stereocenters. The molecule has 1 N–H and O–H groups in total. The van der Waals surface area contributed by atoms with E-state index >= 15 is 0 Å². The number of aliphatic hydroxyl groups excluding tert-OH is 1. The molecule has 5 heteroatoms. The van der Waals surface area contributed by atoms with Gasteiger partial charge in [-0.2, -0.15) is 0 Å². The molecule has 0 heterocycles. The lowest BCUT2D eigenvalue weighted by Crippen LogP contribution is -2.01. The third kappa shape index (κ3) is 4.22. The summed E-state index contributed by atoms with van der Waals surface area (Å²) in [7, 11) is 1.63. The van der Waals surface area contributed by atoms with E-state index in [9.17, 15) is 5.11 Å². The van der Waals surface area contributed by atoms with Crippen LogP contribution < -0.4 is 9.47 Å². The highest BCUT2D eigenvalue weighted by atomic mass is 79.9. The zero-order chi connectivity index (χ0) is 15.4. The molecule has 2 rings (SSSR count). The predicted molar refractivity (Wildman–Crippen MR) is 89.8 cm³/mol. The Morgan fingerprint density at radius 1 is 1.10 bits per heavy atom. The van der Waals surface area contributed by atoms with Gasteiger partial charge in [-0.25, -0.2) is 0 Å². The van der Waals surface area contributed by atoms with Gasteiger partial charge in [0.05, 0.1) is 17.7 Å². The molecule has 2 aromatic rings. The highest BCUT2D eigenvalue weighted by Crippen LogP contribution is 2.30. The van der Waals surface area contributed by atoms with E-state index in [0.717, 1.165) is 25.8 Å². The van der Waals surface area contributed by atoms with E-state index in [2.05, 4.69) is 31.9 Å². The topological polar surface area (TPSA) is 38.7 Å². The van der Waals surface area contributed by atoms with Gasteiger partial charge in [0, 0.05) is 10.0 Å². The molecular weight excluding hydrogens is 400 g/mol. The van der Waals surface area contributed by atoms with Crippen molar-refractivity contribution in [3.8, 4) is 11.5 Å². The maximum absolute atomic E-state index is 9.81. The molecule has 0 aliphatic rings. The second-order valence-electron chi connectivity index (χ2n) is 4.62. The number of benzene rings is 2. The van der Waals surface area contributed by atoms with Crippen molar-refractivity contribution in [2.45, 2.75) is 19.6 Å². The van der Waals surface area contributed by atoms with Gasteiger partial charge in [0.15, 0.2) is 0 Å². The normalized spacial score (nSPS) is 12.0. The van der Waals surface area contributed by atoms with Gasteiger partial charge in [-0.1, -0.05) is 22.0 Å². The van der Waals surface area contributed by atoms with E-state index in [1.54, 1.807) is 14.0 Å². The maximum Gasteiger partial charge on any atom is 0.133 e. The predicted octanol–water partition coefficient (Wildman–Crippen LogP) is 4.85. The summed E-state index contributed by atoms with van der Waals surface area (Å²) in [6.07, 6.45) is -0.583. The van der Waals surface area contributed by atoms with Crippen molar-refractivity contribution in [3.63, 3.8) is 0 Å². The highest BCUT2D eigenvalue weighted by molar-refractivity contribution is 9.10. The van der Waals surface area contributed by atoms with Gasteiger partial charge >= 0.3 is 0 Å². The van der Waals surface area contributed by atoms with Gasteiger partial charge in [0.25, 0.3) is 0 Å². The van der Waals surface area contributed by atoms with E-state index in [0.29, 0.717) is 12.4 Å². The monoisotopic (exact) mass is 414 g/mol. The Morgan fingerprint density at radius 2 is 1.81 bits per heavy atom. The number of rotatable bonds is 5. The molecule has 0 saturated carbocycles. The molecule has 112 valence electrons. The smallest absolute Gasteiger partial charge is 0.133 e. The van der Waals surface area contributed by atoms with Crippen molar-refractivity contribution in [2.75, 3.05) is 7.11 Å². The second-order valence-corrected chi connectivity index (χ2v) is 6.39. The van der Waals surface area contributed by atoms with E-state index in [1.165, 1.54) is 0 Å². The van der Waals surface area contributed by atoms with Gasteiger partial charge in [-0.3, -0.25) is 0 Å². The summed E-state index contributed by atoms with van der Waals surface area (Å²) in [5.74, 6) is 1.47. The molecule has 0 bridgehead atoms. The van der Waals surface area contributed by atoms with Crippen LogP contribution >= 0.6 is 31.9 Å². The molecule has 1 atom stereocenters. The Kier molecular flexibility index (Phi) is 5.67. The average molecular weight is 416 g/mol. The molecule has 3 nitrogen and oxygen atoms in total. The standard InChI is InChI=1S/C16H16Br2O3/c1-10(19)13-8-12(17)4-6-15(13)21-9-11-3-5-16(20-2)14(18)7-11/h3-8,10,19H,9H2,1-2H3/t10-/m1/s1. The van der Waals surface area contributed by atoms with Gasteiger partial charge in [-0.05, 0) is 58.7 Å². The number of halogens is 2. The fourth-order valence-electron chi connectivity index (χ4n) is 1.94. The second kappa shape index (κ2) is 7.29. The molecule has 0 saturated heterocycles. The minimum absolute atomic E-state index is 0.421. The van der Waals surface area contributed by atoms with Crippen LogP contribution in [0.2, 0.25) is 0 Å². The van der Waals surface area contributed by atoms with Crippen LogP contribution in [0.1, 0.15) is 24.2 Å². The first-order valence-corrected chi connectivity index (χ1v) is 8.02.